The molecule has 1 nitrogen and oxygen atoms in total. The van der Waals surface area contributed by atoms with Gasteiger partial charge in [-0.25, -0.2) is 8.78 Å². The molecular formula is C15H15F2N. The summed E-state index contributed by atoms with van der Waals surface area (Å²) in [6, 6.07) is 11.4. The third-order valence-corrected chi connectivity index (χ3v) is 2.85. The number of nitrogens with one attached hydrogen (secondary N) is 1. The van der Waals surface area contributed by atoms with Gasteiger partial charge in [0.15, 0.2) is 0 Å². The van der Waals surface area contributed by atoms with Gasteiger partial charge in [0, 0.05) is 17.8 Å². The highest BCUT2D eigenvalue weighted by atomic mass is 19.1. The van der Waals surface area contributed by atoms with E-state index in [0.717, 1.165) is 24.2 Å². The Kier molecular flexibility index (Phi) is 3.92. The Bertz CT molecular complexity index is 521. The van der Waals surface area contributed by atoms with Gasteiger partial charge in [-0.05, 0) is 42.3 Å². The maximum Gasteiger partial charge on any atom is 0.128 e. The minimum Gasteiger partial charge on any atom is -0.381 e. The van der Waals surface area contributed by atoms with Gasteiger partial charge in [0.1, 0.15) is 11.6 Å². The molecule has 18 heavy (non-hydrogen) atoms. The molecule has 0 bridgehead atoms. The number of hydrogen-bond acceptors (Lipinski definition) is 1. The lowest BCUT2D eigenvalue weighted by Gasteiger charge is -2.08. The Morgan fingerprint density at radius 3 is 2.39 bits per heavy atom. The van der Waals surface area contributed by atoms with E-state index < -0.39 is 11.6 Å². The molecule has 2 aromatic carbocycles. The molecule has 0 aliphatic heterocycles. The second-order valence-electron chi connectivity index (χ2n) is 4.14. The molecule has 0 atom stereocenters. The van der Waals surface area contributed by atoms with Crippen LogP contribution in [0, 0.1) is 11.6 Å². The van der Waals surface area contributed by atoms with E-state index in [1.54, 1.807) is 0 Å². The molecule has 0 amide bonds. The molecule has 2 aromatic rings. The minimum absolute atomic E-state index is 0.273. The van der Waals surface area contributed by atoms with Crippen LogP contribution in [0.15, 0.2) is 42.5 Å². The maximum absolute atomic E-state index is 13.4. The number of rotatable bonds is 4. The molecule has 1 N–H and O–H groups in total. The van der Waals surface area contributed by atoms with Crippen LogP contribution in [0.2, 0.25) is 0 Å². The Labute approximate surface area is 105 Å². The van der Waals surface area contributed by atoms with Crippen LogP contribution in [0.25, 0.3) is 0 Å². The highest BCUT2D eigenvalue weighted by Crippen LogP contribution is 2.14. The van der Waals surface area contributed by atoms with Gasteiger partial charge in [0.2, 0.25) is 0 Å². The first-order valence-corrected chi connectivity index (χ1v) is 5.96. The molecule has 0 saturated carbocycles. The molecule has 0 aliphatic carbocycles. The largest absolute Gasteiger partial charge is 0.381 e. The van der Waals surface area contributed by atoms with Crippen molar-refractivity contribution in [3.8, 4) is 0 Å². The molecule has 0 heterocycles. The average molecular weight is 247 g/mol. The monoisotopic (exact) mass is 247 g/mol. The topological polar surface area (TPSA) is 12.0 Å². The lowest BCUT2D eigenvalue weighted by atomic mass is 10.1. The number of hydrogen-bond donors (Lipinski definition) is 1. The van der Waals surface area contributed by atoms with Gasteiger partial charge in [-0.15, -0.1) is 0 Å². The van der Waals surface area contributed by atoms with Crippen LogP contribution >= 0.6 is 0 Å². The van der Waals surface area contributed by atoms with Gasteiger partial charge in [-0.2, -0.15) is 0 Å². The Morgan fingerprint density at radius 1 is 1.00 bits per heavy atom. The summed E-state index contributed by atoms with van der Waals surface area (Å²) in [5, 5.41) is 3.07. The molecule has 2 rings (SSSR count). The van der Waals surface area contributed by atoms with E-state index in [1.165, 1.54) is 11.6 Å². The van der Waals surface area contributed by atoms with Gasteiger partial charge in [0.05, 0.1) is 0 Å². The zero-order valence-electron chi connectivity index (χ0n) is 10.2. The minimum atomic E-state index is -0.422. The Morgan fingerprint density at radius 2 is 1.72 bits per heavy atom. The predicted molar refractivity (Wildman–Crippen MR) is 69.5 cm³/mol. The SMILES string of the molecule is CCc1ccc(NCc2cc(F)ccc2F)cc1. The van der Waals surface area contributed by atoms with Gasteiger partial charge in [-0.1, -0.05) is 19.1 Å². The molecule has 0 radical (unpaired) electrons. The first kappa shape index (κ1) is 12.6. The van der Waals surface area contributed by atoms with Crippen molar-refractivity contribution in [2.45, 2.75) is 19.9 Å². The van der Waals surface area contributed by atoms with Crippen molar-refractivity contribution in [2.75, 3.05) is 5.32 Å². The highest BCUT2D eigenvalue weighted by Gasteiger charge is 2.03. The van der Waals surface area contributed by atoms with E-state index in [4.69, 9.17) is 0 Å². The number of halogens is 2. The molecule has 0 spiro atoms. The van der Waals surface area contributed by atoms with Crippen LogP contribution in [0.4, 0.5) is 14.5 Å². The fraction of sp³-hybridized carbons (Fsp3) is 0.200. The quantitative estimate of drug-likeness (QED) is 0.856. The summed E-state index contributed by atoms with van der Waals surface area (Å²) in [7, 11) is 0. The molecule has 0 aliphatic rings. The van der Waals surface area contributed by atoms with Crippen LogP contribution in [0.5, 0.6) is 0 Å². The summed E-state index contributed by atoms with van der Waals surface area (Å²) >= 11 is 0. The van der Waals surface area contributed by atoms with Gasteiger partial charge in [0.25, 0.3) is 0 Å². The summed E-state index contributed by atoms with van der Waals surface area (Å²) in [5.41, 5.74) is 2.47. The van der Waals surface area contributed by atoms with E-state index in [9.17, 15) is 8.78 Å². The first-order valence-electron chi connectivity index (χ1n) is 5.96. The Hall–Kier alpha value is -1.90. The summed E-state index contributed by atoms with van der Waals surface area (Å²) in [5.74, 6) is -0.816. The second-order valence-corrected chi connectivity index (χ2v) is 4.14. The summed E-state index contributed by atoms with van der Waals surface area (Å²) < 4.78 is 26.4. The van der Waals surface area contributed by atoms with E-state index in [1.807, 2.05) is 24.3 Å². The lowest BCUT2D eigenvalue weighted by Crippen LogP contribution is -2.02. The normalized spacial score (nSPS) is 10.4. The van der Waals surface area contributed by atoms with E-state index >= 15 is 0 Å². The van der Waals surface area contributed by atoms with Gasteiger partial charge < -0.3 is 5.32 Å². The third kappa shape index (κ3) is 3.06. The molecule has 3 heteroatoms. The Balaban J connectivity index is 2.04. The van der Waals surface area contributed by atoms with Crippen molar-refractivity contribution >= 4 is 5.69 Å². The summed E-state index contributed by atoms with van der Waals surface area (Å²) in [6.07, 6.45) is 0.985. The van der Waals surface area contributed by atoms with E-state index in [0.29, 0.717) is 5.56 Å². The van der Waals surface area contributed by atoms with Gasteiger partial charge >= 0.3 is 0 Å². The molecule has 0 saturated heterocycles. The van der Waals surface area contributed by atoms with Crippen molar-refractivity contribution in [1.82, 2.24) is 0 Å². The fourth-order valence-electron chi connectivity index (χ4n) is 1.73. The zero-order valence-corrected chi connectivity index (χ0v) is 10.2. The van der Waals surface area contributed by atoms with Crippen molar-refractivity contribution in [3.63, 3.8) is 0 Å². The van der Waals surface area contributed by atoms with Crippen LogP contribution < -0.4 is 5.32 Å². The van der Waals surface area contributed by atoms with E-state index in [2.05, 4.69) is 12.2 Å². The van der Waals surface area contributed by atoms with Crippen LogP contribution in [0.3, 0.4) is 0 Å². The van der Waals surface area contributed by atoms with Crippen molar-refractivity contribution in [1.29, 1.82) is 0 Å². The standard InChI is InChI=1S/C15H15F2N/c1-2-11-3-6-14(7-4-11)18-10-12-9-13(16)5-8-15(12)17/h3-9,18H,2,10H2,1H3. The molecule has 94 valence electrons. The van der Waals surface area contributed by atoms with Crippen LogP contribution in [-0.2, 0) is 13.0 Å². The fourth-order valence-corrected chi connectivity index (χ4v) is 1.73. The number of benzene rings is 2. The highest BCUT2D eigenvalue weighted by molar-refractivity contribution is 5.45. The van der Waals surface area contributed by atoms with Crippen molar-refractivity contribution < 1.29 is 8.78 Å². The molecule has 0 aromatic heterocycles. The molecule has 0 fully saturated rings. The van der Waals surface area contributed by atoms with Crippen LogP contribution in [-0.4, -0.2) is 0 Å². The van der Waals surface area contributed by atoms with E-state index in [-0.39, 0.29) is 6.54 Å². The molecule has 0 unspecified atom stereocenters. The average Bonchev–Trinajstić information content (AvgIpc) is 2.40. The summed E-state index contributed by atoms with van der Waals surface area (Å²) in [4.78, 5) is 0. The zero-order chi connectivity index (χ0) is 13.0. The summed E-state index contributed by atoms with van der Waals surface area (Å²) in [6.45, 7) is 2.36. The third-order valence-electron chi connectivity index (χ3n) is 2.85. The predicted octanol–water partition coefficient (Wildman–Crippen LogP) is 4.14. The molecular weight excluding hydrogens is 232 g/mol. The first-order chi connectivity index (χ1) is 8.69. The van der Waals surface area contributed by atoms with Crippen molar-refractivity contribution in [3.05, 3.63) is 65.2 Å². The number of aryl methyl sites for hydroxylation is 1. The second kappa shape index (κ2) is 5.63. The van der Waals surface area contributed by atoms with Crippen LogP contribution in [0.1, 0.15) is 18.1 Å². The van der Waals surface area contributed by atoms with Gasteiger partial charge in [-0.3, -0.25) is 0 Å². The smallest absolute Gasteiger partial charge is 0.128 e. The maximum atomic E-state index is 13.4. The van der Waals surface area contributed by atoms with Crippen molar-refractivity contribution in [2.24, 2.45) is 0 Å². The lowest BCUT2D eigenvalue weighted by molar-refractivity contribution is 0.587. The number of anilines is 1.